The van der Waals surface area contributed by atoms with Gasteiger partial charge in [-0.05, 0) is 25.1 Å². The minimum Gasteiger partial charge on any atom is -0.392 e. The monoisotopic (exact) mass is 322 g/mol. The van der Waals surface area contributed by atoms with Crippen molar-refractivity contribution in [2.75, 3.05) is 6.54 Å². The molecule has 2 atom stereocenters. The fraction of sp³-hybridized carbons (Fsp3) is 0.400. The second-order valence-electron chi connectivity index (χ2n) is 3.71. The molecule has 0 fully saturated rings. The number of nitrogens with one attached hydrogen (secondary N) is 1. The molecule has 2 unspecified atom stereocenters. The van der Waals surface area contributed by atoms with Crippen molar-refractivity contribution in [3.05, 3.63) is 28.7 Å². The van der Waals surface area contributed by atoms with Crippen LogP contribution in [-0.4, -0.2) is 32.2 Å². The van der Waals surface area contributed by atoms with Crippen LogP contribution in [0.4, 0.5) is 0 Å². The van der Waals surface area contributed by atoms with Crippen LogP contribution >= 0.6 is 15.9 Å². The Balaban J connectivity index is 2.76. The highest BCUT2D eigenvalue weighted by Crippen LogP contribution is 2.15. The van der Waals surface area contributed by atoms with Gasteiger partial charge in [-0.25, -0.2) is 13.1 Å². The number of aliphatic hydroxyl groups excluding tert-OH is 1. The Morgan fingerprint density at radius 2 is 2.18 bits per heavy atom. The number of hydrogen-bond acceptors (Lipinski definition) is 4. The second-order valence-corrected chi connectivity index (χ2v) is 6.40. The molecule has 0 aliphatic heterocycles. The number of hydrogen-bond donors (Lipinski definition) is 3. The number of sulfonamides is 1. The lowest BCUT2D eigenvalue weighted by Crippen LogP contribution is -2.43. The molecule has 4 N–H and O–H groups in total. The predicted octanol–water partition coefficient (Wildman–Crippen LogP) is 0.436. The summed E-state index contributed by atoms with van der Waals surface area (Å²) >= 11 is 3.20. The molecular weight excluding hydrogens is 308 g/mol. The number of rotatable bonds is 5. The summed E-state index contributed by atoms with van der Waals surface area (Å²) in [7, 11) is -3.58. The van der Waals surface area contributed by atoms with Crippen LogP contribution in [0.3, 0.4) is 0 Å². The highest BCUT2D eigenvalue weighted by molar-refractivity contribution is 9.10. The molecule has 0 amide bonds. The van der Waals surface area contributed by atoms with Crippen LogP contribution in [0.1, 0.15) is 6.92 Å². The maximum atomic E-state index is 11.8. The van der Waals surface area contributed by atoms with Gasteiger partial charge >= 0.3 is 0 Å². The van der Waals surface area contributed by atoms with Crippen LogP contribution in [0.2, 0.25) is 0 Å². The summed E-state index contributed by atoms with van der Waals surface area (Å²) in [6.45, 7) is 1.50. The van der Waals surface area contributed by atoms with Gasteiger partial charge in [-0.15, -0.1) is 0 Å². The van der Waals surface area contributed by atoms with Crippen molar-refractivity contribution in [1.82, 2.24) is 4.72 Å². The van der Waals surface area contributed by atoms with Crippen molar-refractivity contribution in [1.29, 1.82) is 0 Å². The quantitative estimate of drug-likeness (QED) is 0.733. The summed E-state index contributed by atoms with van der Waals surface area (Å²) in [5, 5.41) is 9.17. The zero-order valence-corrected chi connectivity index (χ0v) is 11.7. The van der Waals surface area contributed by atoms with E-state index >= 15 is 0 Å². The molecule has 96 valence electrons. The minimum atomic E-state index is -3.58. The van der Waals surface area contributed by atoms with E-state index in [1.54, 1.807) is 12.1 Å². The van der Waals surface area contributed by atoms with Gasteiger partial charge in [0.05, 0.1) is 11.0 Å². The normalized spacial score (nSPS) is 15.5. The van der Waals surface area contributed by atoms with Gasteiger partial charge in [0.15, 0.2) is 0 Å². The highest BCUT2D eigenvalue weighted by Gasteiger charge is 2.17. The molecule has 0 saturated heterocycles. The molecule has 1 rings (SSSR count). The minimum absolute atomic E-state index is 0.00743. The van der Waals surface area contributed by atoms with E-state index in [9.17, 15) is 8.42 Å². The fourth-order valence-corrected chi connectivity index (χ4v) is 2.76. The first-order valence-electron chi connectivity index (χ1n) is 5.02. The number of halogens is 1. The van der Waals surface area contributed by atoms with Crippen molar-refractivity contribution in [3.63, 3.8) is 0 Å². The van der Waals surface area contributed by atoms with Gasteiger partial charge in [-0.2, -0.15) is 0 Å². The van der Waals surface area contributed by atoms with Crippen LogP contribution in [0, 0.1) is 0 Å². The van der Waals surface area contributed by atoms with Crippen LogP contribution in [0.15, 0.2) is 33.6 Å². The zero-order chi connectivity index (χ0) is 13.1. The molecule has 7 heteroatoms. The van der Waals surface area contributed by atoms with E-state index in [0.29, 0.717) is 4.47 Å². The molecule has 0 aliphatic rings. The molecule has 17 heavy (non-hydrogen) atoms. The Morgan fingerprint density at radius 3 is 2.71 bits per heavy atom. The lowest BCUT2D eigenvalue weighted by molar-refractivity contribution is 0.164. The van der Waals surface area contributed by atoms with E-state index in [1.807, 2.05) is 0 Å². The van der Waals surface area contributed by atoms with E-state index in [2.05, 4.69) is 20.7 Å². The van der Waals surface area contributed by atoms with E-state index in [-0.39, 0.29) is 11.4 Å². The number of aliphatic hydroxyl groups is 1. The summed E-state index contributed by atoms with van der Waals surface area (Å²) < 4.78 is 26.7. The predicted molar refractivity (Wildman–Crippen MR) is 69.0 cm³/mol. The molecule has 0 spiro atoms. The van der Waals surface area contributed by atoms with Crippen molar-refractivity contribution >= 4 is 26.0 Å². The van der Waals surface area contributed by atoms with E-state index in [4.69, 9.17) is 10.8 Å². The first kappa shape index (κ1) is 14.6. The SMILES string of the molecule is CC(O)C(N)CNS(=O)(=O)c1cccc(Br)c1. The standard InChI is InChI=1S/C10H15BrN2O3S/c1-7(14)10(12)6-13-17(15,16)9-4-2-3-8(11)5-9/h2-5,7,10,13-14H,6,12H2,1H3. The largest absolute Gasteiger partial charge is 0.392 e. The van der Waals surface area contributed by atoms with Crippen molar-refractivity contribution < 1.29 is 13.5 Å². The molecule has 0 bridgehead atoms. The van der Waals surface area contributed by atoms with Gasteiger partial charge < -0.3 is 10.8 Å². The summed E-state index contributed by atoms with van der Waals surface area (Å²) in [5.41, 5.74) is 5.55. The maximum absolute atomic E-state index is 11.8. The van der Waals surface area contributed by atoms with Gasteiger partial charge in [0, 0.05) is 17.1 Å². The Morgan fingerprint density at radius 1 is 1.53 bits per heavy atom. The van der Waals surface area contributed by atoms with Gasteiger partial charge in [0.2, 0.25) is 10.0 Å². The fourth-order valence-electron chi connectivity index (χ4n) is 1.09. The van der Waals surface area contributed by atoms with Crippen LogP contribution in [0.25, 0.3) is 0 Å². The maximum Gasteiger partial charge on any atom is 0.240 e. The van der Waals surface area contributed by atoms with Crippen molar-refractivity contribution in [3.8, 4) is 0 Å². The second kappa shape index (κ2) is 5.92. The summed E-state index contributed by atoms with van der Waals surface area (Å²) in [4.78, 5) is 0.157. The van der Waals surface area contributed by atoms with Gasteiger partial charge in [0.1, 0.15) is 0 Å². The third-order valence-electron chi connectivity index (χ3n) is 2.24. The smallest absolute Gasteiger partial charge is 0.240 e. The summed E-state index contributed by atoms with van der Waals surface area (Å²) in [6, 6.07) is 5.72. The molecule has 0 aromatic heterocycles. The first-order chi connectivity index (χ1) is 7.83. The average Bonchev–Trinajstić information content (AvgIpc) is 2.26. The summed E-state index contributed by atoms with van der Waals surface area (Å²) in [6.07, 6.45) is -0.764. The molecule has 1 aromatic carbocycles. The lowest BCUT2D eigenvalue weighted by atomic mass is 10.2. The first-order valence-corrected chi connectivity index (χ1v) is 7.29. The van der Waals surface area contributed by atoms with Gasteiger partial charge in [-0.1, -0.05) is 22.0 Å². The Bertz CT molecular complexity index is 476. The molecule has 5 nitrogen and oxygen atoms in total. The summed E-state index contributed by atoms with van der Waals surface area (Å²) in [5.74, 6) is 0. The third-order valence-corrected chi connectivity index (χ3v) is 4.15. The highest BCUT2D eigenvalue weighted by atomic mass is 79.9. The van der Waals surface area contributed by atoms with Crippen LogP contribution in [-0.2, 0) is 10.0 Å². The third kappa shape index (κ3) is 4.36. The molecule has 0 heterocycles. The van der Waals surface area contributed by atoms with Crippen molar-refractivity contribution in [2.45, 2.75) is 24.0 Å². The zero-order valence-electron chi connectivity index (χ0n) is 9.30. The van der Waals surface area contributed by atoms with Gasteiger partial charge in [-0.3, -0.25) is 0 Å². The van der Waals surface area contributed by atoms with E-state index in [1.165, 1.54) is 19.1 Å². The van der Waals surface area contributed by atoms with Crippen LogP contribution < -0.4 is 10.5 Å². The average molecular weight is 323 g/mol. The van der Waals surface area contributed by atoms with Gasteiger partial charge in [0.25, 0.3) is 0 Å². The topological polar surface area (TPSA) is 92.4 Å². The Labute approximate surface area is 109 Å². The molecule has 1 aromatic rings. The number of benzene rings is 1. The molecular formula is C10H15BrN2O3S. The molecule has 0 saturated carbocycles. The Hall–Kier alpha value is -0.470. The van der Waals surface area contributed by atoms with Crippen LogP contribution in [0.5, 0.6) is 0 Å². The van der Waals surface area contributed by atoms with E-state index in [0.717, 1.165) is 0 Å². The number of nitrogens with two attached hydrogens (primary N) is 1. The Kier molecular flexibility index (Phi) is 5.08. The lowest BCUT2D eigenvalue weighted by Gasteiger charge is -2.15. The van der Waals surface area contributed by atoms with E-state index < -0.39 is 22.2 Å². The molecule has 0 aliphatic carbocycles. The van der Waals surface area contributed by atoms with Crippen molar-refractivity contribution in [2.24, 2.45) is 5.73 Å². The molecule has 0 radical (unpaired) electrons.